The van der Waals surface area contributed by atoms with E-state index in [-0.39, 0.29) is 17.7 Å². The van der Waals surface area contributed by atoms with Crippen LogP contribution in [-0.2, 0) is 20.9 Å². The lowest BCUT2D eigenvalue weighted by Crippen LogP contribution is -2.33. The van der Waals surface area contributed by atoms with Crippen molar-refractivity contribution in [2.45, 2.75) is 26.3 Å². The van der Waals surface area contributed by atoms with Crippen molar-refractivity contribution in [3.8, 4) is 0 Å². The summed E-state index contributed by atoms with van der Waals surface area (Å²) in [7, 11) is 1.64. The van der Waals surface area contributed by atoms with Crippen LogP contribution in [0.4, 0.5) is 0 Å². The first-order chi connectivity index (χ1) is 10.6. The van der Waals surface area contributed by atoms with E-state index >= 15 is 0 Å². The number of carbonyl (C=O) groups excluding carboxylic acids is 2. The molecule has 5 heteroatoms. The summed E-state index contributed by atoms with van der Waals surface area (Å²) < 4.78 is 4.95. The number of carbonyl (C=O) groups is 2. The van der Waals surface area contributed by atoms with Gasteiger partial charge in [-0.05, 0) is 24.5 Å². The molecule has 0 bridgehead atoms. The quantitative estimate of drug-likeness (QED) is 0.777. The molecular weight excluding hydrogens is 280 g/mol. The lowest BCUT2D eigenvalue weighted by atomic mass is 10.1. The number of nitrogens with zero attached hydrogens (tertiary/aromatic N) is 1. The number of aryl methyl sites for hydroxylation is 1. The van der Waals surface area contributed by atoms with Crippen molar-refractivity contribution >= 4 is 11.8 Å². The minimum Gasteiger partial charge on any atom is -0.385 e. The lowest BCUT2D eigenvalue weighted by molar-refractivity contribution is -0.129. The zero-order valence-corrected chi connectivity index (χ0v) is 13.3. The van der Waals surface area contributed by atoms with E-state index in [1.807, 2.05) is 31.2 Å². The summed E-state index contributed by atoms with van der Waals surface area (Å²) in [5, 5.41) is 2.88. The topological polar surface area (TPSA) is 58.6 Å². The van der Waals surface area contributed by atoms with Gasteiger partial charge in [-0.3, -0.25) is 9.59 Å². The molecule has 1 aromatic carbocycles. The highest BCUT2D eigenvalue weighted by Crippen LogP contribution is 2.21. The molecule has 2 amide bonds. The van der Waals surface area contributed by atoms with Gasteiger partial charge in [0, 0.05) is 39.8 Å². The average Bonchev–Trinajstić information content (AvgIpc) is 2.87. The van der Waals surface area contributed by atoms with E-state index in [1.165, 1.54) is 5.56 Å². The summed E-state index contributed by atoms with van der Waals surface area (Å²) in [6.45, 7) is 4.34. The third kappa shape index (κ3) is 4.31. The van der Waals surface area contributed by atoms with Crippen molar-refractivity contribution in [2.75, 3.05) is 26.8 Å². The van der Waals surface area contributed by atoms with E-state index < -0.39 is 0 Å². The number of amides is 2. The number of ether oxygens (including phenoxy) is 1. The predicted octanol–water partition coefficient (Wildman–Crippen LogP) is 1.50. The average molecular weight is 304 g/mol. The van der Waals surface area contributed by atoms with Gasteiger partial charge in [0.2, 0.25) is 11.8 Å². The molecule has 1 heterocycles. The molecule has 1 unspecified atom stereocenters. The largest absolute Gasteiger partial charge is 0.385 e. The Labute approximate surface area is 131 Å². The van der Waals surface area contributed by atoms with E-state index in [0.717, 1.165) is 12.0 Å². The second-order valence-electron chi connectivity index (χ2n) is 5.74. The van der Waals surface area contributed by atoms with Crippen molar-refractivity contribution in [3.63, 3.8) is 0 Å². The molecule has 0 aromatic heterocycles. The maximum absolute atomic E-state index is 12.1. The summed E-state index contributed by atoms with van der Waals surface area (Å²) >= 11 is 0. The molecule has 0 radical (unpaired) electrons. The fraction of sp³-hybridized carbons (Fsp3) is 0.529. The van der Waals surface area contributed by atoms with Crippen molar-refractivity contribution in [3.05, 3.63) is 35.4 Å². The van der Waals surface area contributed by atoms with Crippen LogP contribution in [0.5, 0.6) is 0 Å². The highest BCUT2D eigenvalue weighted by atomic mass is 16.5. The molecular formula is C17H24N2O3. The van der Waals surface area contributed by atoms with Crippen LogP contribution in [0.25, 0.3) is 0 Å². The Morgan fingerprint density at radius 1 is 1.41 bits per heavy atom. The molecule has 1 aliphatic rings. The number of likely N-dealkylation sites (tertiary alicyclic amines) is 1. The molecule has 0 spiro atoms. The van der Waals surface area contributed by atoms with E-state index in [4.69, 9.17) is 4.74 Å². The van der Waals surface area contributed by atoms with E-state index in [1.54, 1.807) is 12.0 Å². The van der Waals surface area contributed by atoms with Gasteiger partial charge in [-0.25, -0.2) is 0 Å². The minimum absolute atomic E-state index is 0.0308. The summed E-state index contributed by atoms with van der Waals surface area (Å²) in [6.07, 6.45) is 1.10. The third-order valence-electron chi connectivity index (χ3n) is 4.03. The van der Waals surface area contributed by atoms with Gasteiger partial charge < -0.3 is 15.0 Å². The van der Waals surface area contributed by atoms with Gasteiger partial charge >= 0.3 is 0 Å². The Morgan fingerprint density at radius 2 is 2.18 bits per heavy atom. The van der Waals surface area contributed by atoms with Crippen LogP contribution in [0.15, 0.2) is 24.3 Å². The van der Waals surface area contributed by atoms with Crippen LogP contribution < -0.4 is 5.32 Å². The van der Waals surface area contributed by atoms with Gasteiger partial charge in [-0.1, -0.05) is 24.3 Å². The Morgan fingerprint density at radius 3 is 2.91 bits per heavy atom. The molecule has 1 aliphatic heterocycles. The van der Waals surface area contributed by atoms with Gasteiger partial charge in [-0.2, -0.15) is 0 Å². The molecule has 5 nitrogen and oxygen atoms in total. The molecule has 1 N–H and O–H groups in total. The third-order valence-corrected chi connectivity index (χ3v) is 4.03. The van der Waals surface area contributed by atoms with Gasteiger partial charge in [0.1, 0.15) is 0 Å². The number of hydrogen-bond acceptors (Lipinski definition) is 3. The minimum atomic E-state index is -0.237. The molecule has 1 saturated heterocycles. The predicted molar refractivity (Wildman–Crippen MR) is 84.2 cm³/mol. The van der Waals surface area contributed by atoms with Crippen molar-refractivity contribution < 1.29 is 14.3 Å². The molecule has 120 valence electrons. The number of methoxy groups -OCH3 is 1. The number of nitrogens with one attached hydrogen (secondary N) is 1. The summed E-state index contributed by atoms with van der Waals surface area (Å²) in [4.78, 5) is 26.0. The van der Waals surface area contributed by atoms with Crippen LogP contribution in [0, 0.1) is 12.8 Å². The highest BCUT2D eigenvalue weighted by Gasteiger charge is 2.34. The molecule has 2 rings (SSSR count). The van der Waals surface area contributed by atoms with E-state index in [0.29, 0.717) is 32.7 Å². The van der Waals surface area contributed by atoms with Crippen molar-refractivity contribution in [1.82, 2.24) is 10.2 Å². The van der Waals surface area contributed by atoms with Crippen molar-refractivity contribution in [1.29, 1.82) is 0 Å². The Hall–Kier alpha value is -1.88. The molecule has 1 fully saturated rings. The summed E-state index contributed by atoms with van der Waals surface area (Å²) in [5.74, 6) is -0.212. The van der Waals surface area contributed by atoms with Gasteiger partial charge in [0.25, 0.3) is 0 Å². The normalized spacial score (nSPS) is 17.8. The van der Waals surface area contributed by atoms with Crippen LogP contribution in [0.1, 0.15) is 24.0 Å². The zero-order chi connectivity index (χ0) is 15.9. The van der Waals surface area contributed by atoms with Crippen LogP contribution >= 0.6 is 0 Å². The second kappa shape index (κ2) is 7.94. The lowest BCUT2D eigenvalue weighted by Gasteiger charge is -2.18. The molecule has 0 saturated carbocycles. The first-order valence-electron chi connectivity index (χ1n) is 7.70. The highest BCUT2D eigenvalue weighted by molar-refractivity contribution is 5.89. The number of rotatable bonds is 7. The van der Waals surface area contributed by atoms with Crippen molar-refractivity contribution in [2.24, 2.45) is 5.92 Å². The van der Waals surface area contributed by atoms with Gasteiger partial charge in [0.15, 0.2) is 0 Å². The van der Waals surface area contributed by atoms with Gasteiger partial charge in [-0.15, -0.1) is 0 Å². The zero-order valence-electron chi connectivity index (χ0n) is 13.3. The first-order valence-corrected chi connectivity index (χ1v) is 7.70. The maximum Gasteiger partial charge on any atom is 0.225 e. The Balaban J connectivity index is 1.85. The smallest absolute Gasteiger partial charge is 0.225 e. The van der Waals surface area contributed by atoms with Crippen LogP contribution in [-0.4, -0.2) is 43.5 Å². The molecule has 1 atom stereocenters. The first kappa shape index (κ1) is 16.5. The van der Waals surface area contributed by atoms with E-state index in [9.17, 15) is 9.59 Å². The Bertz CT molecular complexity index is 530. The second-order valence-corrected chi connectivity index (χ2v) is 5.74. The maximum atomic E-state index is 12.1. The Kier molecular flexibility index (Phi) is 5.95. The van der Waals surface area contributed by atoms with Crippen LogP contribution in [0.2, 0.25) is 0 Å². The number of hydrogen-bond donors (Lipinski definition) is 1. The number of benzene rings is 1. The fourth-order valence-electron chi connectivity index (χ4n) is 2.67. The van der Waals surface area contributed by atoms with Crippen LogP contribution in [0.3, 0.4) is 0 Å². The van der Waals surface area contributed by atoms with Gasteiger partial charge in [0.05, 0.1) is 5.92 Å². The molecule has 22 heavy (non-hydrogen) atoms. The summed E-state index contributed by atoms with van der Waals surface area (Å²) in [5.41, 5.74) is 2.31. The molecule has 0 aliphatic carbocycles. The summed E-state index contributed by atoms with van der Waals surface area (Å²) in [6, 6.07) is 8.03. The monoisotopic (exact) mass is 304 g/mol. The molecule has 1 aromatic rings. The standard InChI is InChI=1S/C17H24N2O3/c1-13-6-3-4-7-14(13)11-19-12-15(10-16(19)20)17(21)18-8-5-9-22-2/h3-4,6-7,15H,5,8-12H2,1-2H3,(H,18,21). The van der Waals surface area contributed by atoms with E-state index in [2.05, 4.69) is 5.32 Å². The fourth-order valence-corrected chi connectivity index (χ4v) is 2.67. The SMILES string of the molecule is COCCCNC(=O)C1CC(=O)N(Cc2ccccc2C)C1.